The van der Waals surface area contributed by atoms with Crippen LogP contribution in [0.2, 0.25) is 0 Å². The molecule has 1 aliphatic rings. The maximum absolute atomic E-state index is 12.2. The summed E-state index contributed by atoms with van der Waals surface area (Å²) in [5, 5.41) is 2.71. The Balaban J connectivity index is 1.68. The summed E-state index contributed by atoms with van der Waals surface area (Å²) in [4.78, 5) is 36.0. The Bertz CT molecular complexity index is 592. The molecule has 24 heavy (non-hydrogen) atoms. The van der Waals surface area contributed by atoms with Crippen LogP contribution in [0.5, 0.6) is 0 Å². The molecule has 0 spiro atoms. The number of carbonyl (C=O) groups excluding carboxylic acids is 2. The number of carbonyl (C=O) groups is 2. The van der Waals surface area contributed by atoms with E-state index >= 15 is 0 Å². The Hall–Kier alpha value is -2.70. The minimum Gasteiger partial charge on any atom is -0.352 e. The quantitative estimate of drug-likeness (QED) is 0.616. The lowest BCUT2D eigenvalue weighted by atomic mass is 10.3. The van der Waals surface area contributed by atoms with Gasteiger partial charge in [0.05, 0.1) is 0 Å². The molecule has 1 aromatic rings. The first-order valence-corrected chi connectivity index (χ1v) is 8.07. The number of nitrogens with one attached hydrogen (secondary N) is 1. The van der Waals surface area contributed by atoms with Crippen LogP contribution >= 0.6 is 0 Å². The highest BCUT2D eigenvalue weighted by atomic mass is 16.2. The van der Waals surface area contributed by atoms with Gasteiger partial charge in [0.1, 0.15) is 0 Å². The fraction of sp³-hybridized carbons (Fsp3) is 0.412. The normalized spacial score (nSPS) is 15.2. The monoisotopic (exact) mass is 329 g/mol. The van der Waals surface area contributed by atoms with E-state index in [0.29, 0.717) is 45.1 Å². The molecule has 2 heterocycles. The highest BCUT2D eigenvalue weighted by Crippen LogP contribution is 2.10. The zero-order valence-corrected chi connectivity index (χ0v) is 13.9. The Labute approximate surface area is 142 Å². The molecule has 1 fully saturated rings. The van der Waals surface area contributed by atoms with Gasteiger partial charge in [-0.05, 0) is 13.0 Å². The highest BCUT2D eigenvalue weighted by Gasteiger charge is 2.21. The van der Waals surface area contributed by atoms with Crippen molar-refractivity contribution in [3.05, 3.63) is 42.8 Å². The number of piperazine rings is 1. The molecule has 0 aliphatic carbocycles. The van der Waals surface area contributed by atoms with Crippen molar-refractivity contribution in [3.8, 4) is 0 Å². The molecular formula is C17H23N5O2. The second-order valence-corrected chi connectivity index (χ2v) is 5.34. The van der Waals surface area contributed by atoms with Gasteiger partial charge >= 0.3 is 0 Å². The van der Waals surface area contributed by atoms with E-state index in [1.165, 1.54) is 6.08 Å². The number of hydrogen-bond donors (Lipinski definition) is 1. The van der Waals surface area contributed by atoms with Gasteiger partial charge < -0.3 is 15.1 Å². The van der Waals surface area contributed by atoms with Crippen molar-refractivity contribution in [3.63, 3.8) is 0 Å². The smallest absolute Gasteiger partial charge is 0.243 e. The van der Waals surface area contributed by atoms with E-state index < -0.39 is 0 Å². The Morgan fingerprint density at radius 3 is 2.54 bits per heavy atom. The molecule has 0 bridgehead atoms. The fourth-order valence-electron chi connectivity index (χ4n) is 2.37. The van der Waals surface area contributed by atoms with Crippen molar-refractivity contribution in [2.45, 2.75) is 13.3 Å². The third-order valence-electron chi connectivity index (χ3n) is 3.66. The van der Waals surface area contributed by atoms with Gasteiger partial charge in [0.25, 0.3) is 0 Å². The molecule has 1 N–H and O–H groups in total. The minimum atomic E-state index is -0.188. The zero-order valence-electron chi connectivity index (χ0n) is 13.9. The fourth-order valence-corrected chi connectivity index (χ4v) is 2.37. The average Bonchev–Trinajstić information content (AvgIpc) is 2.63. The summed E-state index contributed by atoms with van der Waals surface area (Å²) in [7, 11) is 0. The number of nitrogens with zero attached hydrogens (tertiary/aromatic N) is 4. The number of amides is 2. The van der Waals surface area contributed by atoms with Crippen LogP contribution in [0.15, 0.2) is 42.8 Å². The molecule has 7 heteroatoms. The number of rotatable bonds is 6. The lowest BCUT2D eigenvalue weighted by molar-refractivity contribution is -0.131. The average molecular weight is 329 g/mol. The van der Waals surface area contributed by atoms with Gasteiger partial charge in [-0.3, -0.25) is 9.59 Å². The molecule has 128 valence electrons. The van der Waals surface area contributed by atoms with E-state index in [2.05, 4.69) is 20.2 Å². The minimum absolute atomic E-state index is 0.0568. The maximum atomic E-state index is 12.2. The number of hydrogen-bond acceptors (Lipinski definition) is 5. The molecule has 0 atom stereocenters. The summed E-state index contributed by atoms with van der Waals surface area (Å²) in [6, 6.07) is 1.78. The lowest BCUT2D eigenvalue weighted by Gasteiger charge is -2.34. The Kier molecular flexibility index (Phi) is 6.94. The number of allylic oxidation sites excluding steroid dienone is 3. The number of aromatic nitrogens is 2. The molecule has 7 nitrogen and oxygen atoms in total. The van der Waals surface area contributed by atoms with Crippen molar-refractivity contribution in [1.82, 2.24) is 20.2 Å². The van der Waals surface area contributed by atoms with Crippen molar-refractivity contribution < 1.29 is 9.59 Å². The first-order valence-electron chi connectivity index (χ1n) is 8.07. The van der Waals surface area contributed by atoms with Gasteiger partial charge in [0.2, 0.25) is 17.8 Å². The van der Waals surface area contributed by atoms with Gasteiger partial charge in [-0.1, -0.05) is 18.2 Å². The van der Waals surface area contributed by atoms with E-state index in [9.17, 15) is 9.59 Å². The third-order valence-corrected chi connectivity index (χ3v) is 3.66. The van der Waals surface area contributed by atoms with Gasteiger partial charge in [-0.2, -0.15) is 0 Å². The first kappa shape index (κ1) is 17.7. The lowest BCUT2D eigenvalue weighted by Crippen LogP contribution is -2.49. The van der Waals surface area contributed by atoms with Crippen LogP contribution in [-0.4, -0.2) is 59.4 Å². The molecule has 0 saturated carbocycles. The van der Waals surface area contributed by atoms with Crippen LogP contribution in [0.25, 0.3) is 0 Å². The Morgan fingerprint density at radius 2 is 1.88 bits per heavy atom. The highest BCUT2D eigenvalue weighted by molar-refractivity contribution is 5.88. The summed E-state index contributed by atoms with van der Waals surface area (Å²) in [5.74, 6) is 0.568. The summed E-state index contributed by atoms with van der Waals surface area (Å²) in [5.41, 5.74) is 0. The van der Waals surface area contributed by atoms with Crippen molar-refractivity contribution >= 4 is 17.8 Å². The predicted octanol–water partition coefficient (Wildman–Crippen LogP) is 0.764. The van der Waals surface area contributed by atoms with E-state index in [-0.39, 0.29) is 11.8 Å². The summed E-state index contributed by atoms with van der Waals surface area (Å²) >= 11 is 0. The molecule has 2 amide bonds. The van der Waals surface area contributed by atoms with Gasteiger partial charge in [-0.25, -0.2) is 9.97 Å². The van der Waals surface area contributed by atoms with Crippen LogP contribution in [0.1, 0.15) is 13.3 Å². The van der Waals surface area contributed by atoms with Gasteiger partial charge in [0, 0.05) is 57.6 Å². The summed E-state index contributed by atoms with van der Waals surface area (Å²) in [6.45, 7) is 4.95. The predicted molar refractivity (Wildman–Crippen MR) is 92.4 cm³/mol. The SMILES string of the molecule is C/C=C/C=C\C(=O)NCCC(=O)N1CCN(c2ncccn2)CC1. The summed E-state index contributed by atoms with van der Waals surface area (Å²) < 4.78 is 0. The molecule has 0 aromatic carbocycles. The molecular weight excluding hydrogens is 306 g/mol. The van der Waals surface area contributed by atoms with Crippen molar-refractivity contribution in [1.29, 1.82) is 0 Å². The molecule has 0 unspecified atom stereocenters. The molecule has 1 aromatic heterocycles. The van der Waals surface area contributed by atoms with Crippen LogP contribution in [0.4, 0.5) is 5.95 Å². The molecule has 0 radical (unpaired) electrons. The standard InChI is InChI=1S/C17H23N5O2/c1-2-3-4-6-15(23)18-10-7-16(24)21-11-13-22(14-12-21)17-19-8-5-9-20-17/h2-6,8-9H,7,10-14H2,1H3,(H,18,23)/b3-2+,6-4-. The van der Waals surface area contributed by atoms with Crippen LogP contribution in [0.3, 0.4) is 0 Å². The van der Waals surface area contributed by atoms with Gasteiger partial charge in [-0.15, -0.1) is 0 Å². The van der Waals surface area contributed by atoms with Crippen LogP contribution in [-0.2, 0) is 9.59 Å². The van der Waals surface area contributed by atoms with Crippen molar-refractivity contribution in [2.75, 3.05) is 37.6 Å². The van der Waals surface area contributed by atoms with Crippen LogP contribution in [0, 0.1) is 0 Å². The zero-order chi connectivity index (χ0) is 17.2. The van der Waals surface area contributed by atoms with E-state index in [1.807, 2.05) is 17.9 Å². The van der Waals surface area contributed by atoms with E-state index in [4.69, 9.17) is 0 Å². The molecule has 1 aliphatic heterocycles. The summed E-state index contributed by atoms with van der Waals surface area (Å²) in [6.07, 6.45) is 10.5. The molecule has 1 saturated heterocycles. The number of anilines is 1. The first-order chi connectivity index (χ1) is 11.7. The van der Waals surface area contributed by atoms with Crippen LogP contribution < -0.4 is 10.2 Å². The van der Waals surface area contributed by atoms with Gasteiger partial charge in [0.15, 0.2) is 0 Å². The van der Waals surface area contributed by atoms with E-state index in [0.717, 1.165) is 0 Å². The maximum Gasteiger partial charge on any atom is 0.243 e. The van der Waals surface area contributed by atoms with E-state index in [1.54, 1.807) is 30.6 Å². The Morgan fingerprint density at radius 1 is 1.17 bits per heavy atom. The third kappa shape index (κ3) is 5.49. The molecule has 2 rings (SSSR count). The van der Waals surface area contributed by atoms with Crippen molar-refractivity contribution in [2.24, 2.45) is 0 Å². The topological polar surface area (TPSA) is 78.4 Å². The largest absolute Gasteiger partial charge is 0.352 e. The second-order valence-electron chi connectivity index (χ2n) is 5.34. The second kappa shape index (κ2) is 9.44.